The van der Waals surface area contributed by atoms with Gasteiger partial charge in [0.25, 0.3) is 0 Å². The van der Waals surface area contributed by atoms with Crippen LogP contribution in [0.15, 0.2) is 4.42 Å². The average molecular weight is 333 g/mol. The zero-order valence-corrected chi connectivity index (χ0v) is 12.3. The van der Waals surface area contributed by atoms with Crippen LogP contribution in [0.2, 0.25) is 0 Å². The standard InChI is InChI=1S/C10H15N5O6S/c11-4-3-8-12-13-9(20-8)7-2-1-6-5-14(7)10(16)15(6)21-22(17,18)19/h6-7H,1-5,11H2,(H,17,18,19)/t6?,7-/m0/s1. The Bertz CT molecular complexity index is 675. The summed E-state index contributed by atoms with van der Waals surface area (Å²) < 4.78 is 40.2. The smallest absolute Gasteiger partial charge is 0.418 e. The summed E-state index contributed by atoms with van der Waals surface area (Å²) in [6.07, 6.45) is 1.44. The van der Waals surface area contributed by atoms with Crippen LogP contribution >= 0.6 is 0 Å². The molecule has 2 atom stereocenters. The van der Waals surface area contributed by atoms with Crippen molar-refractivity contribution < 1.29 is 26.5 Å². The number of amides is 2. The molecule has 3 rings (SSSR count). The van der Waals surface area contributed by atoms with Gasteiger partial charge in [0.1, 0.15) is 6.04 Å². The van der Waals surface area contributed by atoms with Crippen molar-refractivity contribution in [3.8, 4) is 0 Å². The first-order valence-electron chi connectivity index (χ1n) is 6.68. The molecule has 2 fully saturated rings. The SMILES string of the molecule is NCCc1nnc([C@@H]2CCC3CN2C(=O)N3OS(=O)(=O)O)o1. The zero-order valence-electron chi connectivity index (χ0n) is 11.5. The van der Waals surface area contributed by atoms with E-state index in [1.54, 1.807) is 0 Å². The summed E-state index contributed by atoms with van der Waals surface area (Å²) in [7, 11) is -4.75. The summed E-state index contributed by atoms with van der Waals surface area (Å²) in [6, 6.07) is -1.56. The number of carbonyl (C=O) groups excluding carboxylic acids is 1. The molecule has 3 heterocycles. The van der Waals surface area contributed by atoms with Gasteiger partial charge in [0.05, 0.1) is 6.04 Å². The number of carbonyl (C=O) groups is 1. The fraction of sp³-hybridized carbons (Fsp3) is 0.700. The Morgan fingerprint density at radius 1 is 1.41 bits per heavy atom. The fourth-order valence-electron chi connectivity index (χ4n) is 2.71. The van der Waals surface area contributed by atoms with Gasteiger partial charge < -0.3 is 15.1 Å². The highest BCUT2D eigenvalue weighted by molar-refractivity contribution is 7.80. The summed E-state index contributed by atoms with van der Waals surface area (Å²) in [5.41, 5.74) is 5.41. The van der Waals surface area contributed by atoms with E-state index in [9.17, 15) is 13.2 Å². The number of hydrogen-bond acceptors (Lipinski definition) is 8. The van der Waals surface area contributed by atoms with Gasteiger partial charge >= 0.3 is 16.4 Å². The molecule has 0 aliphatic carbocycles. The molecule has 1 unspecified atom stereocenters. The second-order valence-corrected chi connectivity index (χ2v) is 6.09. The Kier molecular flexibility index (Phi) is 3.76. The molecule has 2 amide bonds. The Morgan fingerprint density at radius 2 is 2.18 bits per heavy atom. The van der Waals surface area contributed by atoms with Gasteiger partial charge in [-0.05, 0) is 12.8 Å². The number of piperidine rings is 1. The van der Waals surface area contributed by atoms with Crippen LogP contribution in [0.4, 0.5) is 4.79 Å². The van der Waals surface area contributed by atoms with Crippen molar-refractivity contribution in [2.75, 3.05) is 13.1 Å². The lowest BCUT2D eigenvalue weighted by atomic mass is 10.0. The molecule has 12 heteroatoms. The second kappa shape index (κ2) is 5.46. The lowest BCUT2D eigenvalue weighted by molar-refractivity contribution is -0.0317. The summed E-state index contributed by atoms with van der Waals surface area (Å²) in [6.45, 7) is 0.626. The summed E-state index contributed by atoms with van der Waals surface area (Å²) >= 11 is 0. The molecule has 2 aliphatic heterocycles. The summed E-state index contributed by atoms with van der Waals surface area (Å²) in [5, 5.41) is 8.44. The Labute approximate surface area is 125 Å². The number of urea groups is 1. The van der Waals surface area contributed by atoms with E-state index in [2.05, 4.69) is 14.5 Å². The Hall–Kier alpha value is -1.76. The molecule has 122 valence electrons. The van der Waals surface area contributed by atoms with Gasteiger partial charge in [0.2, 0.25) is 11.8 Å². The normalized spacial score (nSPS) is 25.1. The minimum absolute atomic E-state index is 0.258. The maximum Gasteiger partial charge on any atom is 0.418 e. The van der Waals surface area contributed by atoms with Crippen LogP contribution in [0, 0.1) is 0 Å². The molecule has 0 spiro atoms. The molecule has 11 nitrogen and oxygen atoms in total. The maximum atomic E-state index is 12.2. The number of fused-ring (bicyclic) bond motifs is 2. The van der Waals surface area contributed by atoms with Gasteiger partial charge in [-0.25, -0.2) is 4.79 Å². The lowest BCUT2D eigenvalue weighted by Gasteiger charge is -2.27. The monoisotopic (exact) mass is 333 g/mol. The Morgan fingerprint density at radius 3 is 2.86 bits per heavy atom. The zero-order chi connectivity index (χ0) is 15.9. The fourth-order valence-corrected chi connectivity index (χ4v) is 3.10. The van der Waals surface area contributed by atoms with Crippen LogP contribution in [0.3, 0.4) is 0 Å². The van der Waals surface area contributed by atoms with Crippen molar-refractivity contribution in [3.63, 3.8) is 0 Å². The van der Waals surface area contributed by atoms with E-state index in [1.165, 1.54) is 4.90 Å². The largest absolute Gasteiger partial charge is 0.423 e. The van der Waals surface area contributed by atoms with E-state index >= 15 is 0 Å². The highest BCUT2D eigenvalue weighted by Crippen LogP contribution is 2.38. The van der Waals surface area contributed by atoms with Crippen LogP contribution in [0.5, 0.6) is 0 Å². The molecule has 1 aromatic heterocycles. The highest BCUT2D eigenvalue weighted by atomic mass is 32.3. The molecule has 0 radical (unpaired) electrons. The van der Waals surface area contributed by atoms with Crippen molar-refractivity contribution in [1.82, 2.24) is 20.2 Å². The molecule has 2 bridgehead atoms. The molecule has 0 aromatic carbocycles. The summed E-state index contributed by atoms with van der Waals surface area (Å²) in [4.78, 5) is 13.6. The molecular weight excluding hydrogens is 318 g/mol. The third kappa shape index (κ3) is 2.77. The van der Waals surface area contributed by atoms with Gasteiger partial charge in [-0.1, -0.05) is 0 Å². The van der Waals surface area contributed by atoms with Crippen molar-refractivity contribution in [3.05, 3.63) is 11.8 Å². The predicted octanol–water partition coefficient (Wildman–Crippen LogP) is -0.754. The van der Waals surface area contributed by atoms with Crippen LogP contribution in [-0.4, -0.2) is 58.3 Å². The van der Waals surface area contributed by atoms with Gasteiger partial charge in [-0.15, -0.1) is 14.5 Å². The van der Waals surface area contributed by atoms with E-state index in [-0.39, 0.29) is 12.4 Å². The number of hydrogen-bond donors (Lipinski definition) is 2. The van der Waals surface area contributed by atoms with Crippen LogP contribution in [0.1, 0.15) is 30.7 Å². The van der Waals surface area contributed by atoms with Crippen molar-refractivity contribution in [2.45, 2.75) is 31.3 Å². The molecule has 0 saturated carbocycles. The molecule has 22 heavy (non-hydrogen) atoms. The van der Waals surface area contributed by atoms with Crippen LogP contribution in [-0.2, 0) is 21.1 Å². The molecular formula is C10H15N5O6S. The molecule has 2 saturated heterocycles. The van der Waals surface area contributed by atoms with Gasteiger partial charge in [-0.3, -0.25) is 4.55 Å². The van der Waals surface area contributed by atoms with Crippen LogP contribution in [0.25, 0.3) is 0 Å². The number of aromatic nitrogens is 2. The van der Waals surface area contributed by atoms with Crippen molar-refractivity contribution >= 4 is 16.4 Å². The lowest BCUT2D eigenvalue weighted by Crippen LogP contribution is -2.35. The second-order valence-electron chi connectivity index (χ2n) is 5.08. The average Bonchev–Trinajstić information content (AvgIpc) is 2.99. The topological polar surface area (TPSA) is 152 Å². The third-order valence-electron chi connectivity index (χ3n) is 3.62. The van der Waals surface area contributed by atoms with Gasteiger partial charge in [-0.2, -0.15) is 13.5 Å². The van der Waals surface area contributed by atoms with Gasteiger partial charge in [0.15, 0.2) is 0 Å². The number of nitrogens with zero attached hydrogens (tertiary/aromatic N) is 4. The van der Waals surface area contributed by atoms with E-state index in [0.717, 1.165) is 0 Å². The summed E-state index contributed by atoms with van der Waals surface area (Å²) in [5.74, 6) is 0.668. The van der Waals surface area contributed by atoms with E-state index in [0.29, 0.717) is 36.8 Å². The first-order valence-corrected chi connectivity index (χ1v) is 8.04. The highest BCUT2D eigenvalue weighted by Gasteiger charge is 2.49. The first kappa shape index (κ1) is 15.1. The number of nitrogens with two attached hydrogens (primary N) is 1. The van der Waals surface area contributed by atoms with Crippen LogP contribution < -0.4 is 5.73 Å². The molecule has 3 N–H and O–H groups in total. The third-order valence-corrected chi connectivity index (χ3v) is 3.97. The Balaban J connectivity index is 1.79. The molecule has 1 aromatic rings. The minimum atomic E-state index is -4.75. The van der Waals surface area contributed by atoms with E-state index < -0.39 is 28.5 Å². The van der Waals surface area contributed by atoms with Crippen molar-refractivity contribution in [1.29, 1.82) is 0 Å². The number of rotatable bonds is 5. The van der Waals surface area contributed by atoms with Crippen molar-refractivity contribution in [2.24, 2.45) is 5.73 Å². The maximum absolute atomic E-state index is 12.2. The molecule has 2 aliphatic rings. The quantitative estimate of drug-likeness (QED) is 0.662. The minimum Gasteiger partial charge on any atom is -0.423 e. The first-order chi connectivity index (χ1) is 10.4. The van der Waals surface area contributed by atoms with Gasteiger partial charge in [0, 0.05) is 19.5 Å². The predicted molar refractivity (Wildman–Crippen MR) is 69.4 cm³/mol. The van der Waals surface area contributed by atoms with E-state index in [1.807, 2.05) is 0 Å². The number of hydroxylamine groups is 2. The van der Waals surface area contributed by atoms with E-state index in [4.69, 9.17) is 14.7 Å².